The molecule has 0 bridgehead atoms. The molecule has 0 spiro atoms. The molecule has 0 saturated carbocycles. The standard InChI is InChI=1S/C28H35N5O3/c1-4-36-22-11-12-24-23(18-22)20(2)29-28(30-24)33-13-7-8-21(19-33)27(34)32-16-14-31(15-17-32)25-9-5-6-10-26(25)35-3/h5-6,9-12,18,21H,4,7-8,13-17,19H2,1-3H3. The lowest BCUT2D eigenvalue weighted by Gasteiger charge is -2.40. The van der Waals surface area contributed by atoms with E-state index in [1.807, 2.05) is 55.1 Å². The van der Waals surface area contributed by atoms with E-state index in [9.17, 15) is 4.79 Å². The van der Waals surface area contributed by atoms with Gasteiger partial charge in [-0.25, -0.2) is 9.97 Å². The van der Waals surface area contributed by atoms with Gasteiger partial charge < -0.3 is 24.2 Å². The molecule has 1 atom stereocenters. The molecule has 8 heteroatoms. The summed E-state index contributed by atoms with van der Waals surface area (Å²) < 4.78 is 11.2. The van der Waals surface area contributed by atoms with Crippen molar-refractivity contribution in [3.8, 4) is 11.5 Å². The normalized spacial score (nSPS) is 18.4. The maximum Gasteiger partial charge on any atom is 0.227 e. The van der Waals surface area contributed by atoms with E-state index in [4.69, 9.17) is 19.4 Å². The van der Waals surface area contributed by atoms with E-state index in [0.29, 0.717) is 19.1 Å². The van der Waals surface area contributed by atoms with Crippen molar-refractivity contribution < 1.29 is 14.3 Å². The second-order valence-corrected chi connectivity index (χ2v) is 9.49. The summed E-state index contributed by atoms with van der Waals surface area (Å²) in [5.41, 5.74) is 2.92. The van der Waals surface area contributed by atoms with Crippen molar-refractivity contribution in [3.63, 3.8) is 0 Å². The van der Waals surface area contributed by atoms with Crippen molar-refractivity contribution in [1.82, 2.24) is 14.9 Å². The van der Waals surface area contributed by atoms with Crippen LogP contribution in [0.1, 0.15) is 25.5 Å². The smallest absolute Gasteiger partial charge is 0.227 e. The summed E-state index contributed by atoms with van der Waals surface area (Å²) in [5, 5.41) is 1.00. The van der Waals surface area contributed by atoms with E-state index < -0.39 is 0 Å². The number of aromatic nitrogens is 2. The molecule has 36 heavy (non-hydrogen) atoms. The Morgan fingerprint density at radius 1 is 1.03 bits per heavy atom. The number of aryl methyl sites for hydroxylation is 1. The topological polar surface area (TPSA) is 71.0 Å². The van der Waals surface area contributed by atoms with Gasteiger partial charge in [0.15, 0.2) is 0 Å². The molecule has 0 radical (unpaired) electrons. The predicted octanol–water partition coefficient (Wildman–Crippen LogP) is 3.91. The molecule has 1 unspecified atom stereocenters. The highest BCUT2D eigenvalue weighted by atomic mass is 16.5. The molecule has 3 aromatic rings. The van der Waals surface area contributed by atoms with Crippen molar-refractivity contribution in [3.05, 3.63) is 48.2 Å². The number of carbonyl (C=O) groups is 1. The molecule has 1 aromatic heterocycles. The van der Waals surface area contributed by atoms with Gasteiger partial charge in [-0.15, -0.1) is 0 Å². The minimum absolute atomic E-state index is 0.0310. The fourth-order valence-corrected chi connectivity index (χ4v) is 5.32. The van der Waals surface area contributed by atoms with Crippen LogP contribution in [0.2, 0.25) is 0 Å². The minimum Gasteiger partial charge on any atom is -0.495 e. The number of fused-ring (bicyclic) bond motifs is 1. The first-order valence-corrected chi connectivity index (χ1v) is 12.9. The third kappa shape index (κ3) is 4.90. The molecule has 2 aromatic carbocycles. The van der Waals surface area contributed by atoms with Crippen molar-refractivity contribution in [2.75, 3.05) is 62.8 Å². The molecule has 1 amide bonds. The zero-order valence-electron chi connectivity index (χ0n) is 21.4. The molecule has 5 rings (SSSR count). The maximum atomic E-state index is 13.5. The molecule has 3 heterocycles. The summed E-state index contributed by atoms with van der Waals surface area (Å²) in [6, 6.07) is 14.0. The summed E-state index contributed by atoms with van der Waals surface area (Å²) in [4.78, 5) is 29.6. The van der Waals surface area contributed by atoms with Crippen LogP contribution in [0.5, 0.6) is 11.5 Å². The van der Waals surface area contributed by atoms with Crippen LogP contribution in [0.15, 0.2) is 42.5 Å². The van der Waals surface area contributed by atoms with Crippen LogP contribution in [-0.2, 0) is 4.79 Å². The van der Waals surface area contributed by atoms with E-state index in [0.717, 1.165) is 79.3 Å². The molecule has 2 fully saturated rings. The molecule has 0 aliphatic carbocycles. The van der Waals surface area contributed by atoms with Crippen LogP contribution >= 0.6 is 0 Å². The Labute approximate surface area is 212 Å². The van der Waals surface area contributed by atoms with E-state index in [1.54, 1.807) is 7.11 Å². The summed E-state index contributed by atoms with van der Waals surface area (Å²) in [5.74, 6) is 2.64. The number of amides is 1. The van der Waals surface area contributed by atoms with Gasteiger partial charge in [-0.3, -0.25) is 4.79 Å². The van der Waals surface area contributed by atoms with E-state index in [-0.39, 0.29) is 11.8 Å². The van der Waals surface area contributed by atoms with Crippen LogP contribution in [0.3, 0.4) is 0 Å². The quantitative estimate of drug-likeness (QED) is 0.520. The summed E-state index contributed by atoms with van der Waals surface area (Å²) >= 11 is 0. The summed E-state index contributed by atoms with van der Waals surface area (Å²) in [7, 11) is 1.70. The summed E-state index contributed by atoms with van der Waals surface area (Å²) in [6.07, 6.45) is 1.87. The average molecular weight is 490 g/mol. The largest absolute Gasteiger partial charge is 0.495 e. The van der Waals surface area contributed by atoms with Gasteiger partial charge in [0.1, 0.15) is 11.5 Å². The summed E-state index contributed by atoms with van der Waals surface area (Å²) in [6.45, 7) is 9.20. The molecule has 8 nitrogen and oxygen atoms in total. The Hall–Kier alpha value is -3.55. The Morgan fingerprint density at radius 2 is 1.83 bits per heavy atom. The van der Waals surface area contributed by atoms with Gasteiger partial charge in [0, 0.05) is 44.7 Å². The van der Waals surface area contributed by atoms with Crippen LogP contribution in [0.25, 0.3) is 10.9 Å². The van der Waals surface area contributed by atoms with Crippen LogP contribution in [0, 0.1) is 12.8 Å². The monoisotopic (exact) mass is 489 g/mol. The number of benzene rings is 2. The molecule has 190 valence electrons. The lowest BCUT2D eigenvalue weighted by molar-refractivity contribution is -0.136. The molecular weight excluding hydrogens is 454 g/mol. The zero-order chi connectivity index (χ0) is 25.1. The predicted molar refractivity (Wildman–Crippen MR) is 142 cm³/mol. The van der Waals surface area contributed by atoms with Crippen LogP contribution in [0.4, 0.5) is 11.6 Å². The SMILES string of the molecule is CCOc1ccc2nc(N3CCCC(C(=O)N4CCN(c5ccccc5OC)CC4)C3)nc(C)c2c1. The van der Waals surface area contributed by atoms with Gasteiger partial charge in [-0.1, -0.05) is 12.1 Å². The maximum absolute atomic E-state index is 13.5. The number of para-hydroxylation sites is 2. The first kappa shape index (κ1) is 24.2. The van der Waals surface area contributed by atoms with E-state index in [1.165, 1.54) is 0 Å². The van der Waals surface area contributed by atoms with Crippen LogP contribution in [-0.4, -0.2) is 73.8 Å². The Morgan fingerprint density at radius 3 is 2.61 bits per heavy atom. The Bertz CT molecular complexity index is 1230. The number of ether oxygens (including phenoxy) is 2. The van der Waals surface area contributed by atoms with Crippen molar-refractivity contribution in [2.45, 2.75) is 26.7 Å². The molecule has 2 saturated heterocycles. The number of hydrogen-bond acceptors (Lipinski definition) is 7. The lowest BCUT2D eigenvalue weighted by atomic mass is 9.96. The number of carbonyl (C=O) groups excluding carboxylic acids is 1. The van der Waals surface area contributed by atoms with Gasteiger partial charge in [0.2, 0.25) is 11.9 Å². The van der Waals surface area contributed by atoms with Gasteiger partial charge in [0.05, 0.1) is 36.5 Å². The third-order valence-corrected chi connectivity index (χ3v) is 7.23. The van der Waals surface area contributed by atoms with Crippen molar-refractivity contribution >= 4 is 28.4 Å². The number of methoxy groups -OCH3 is 1. The lowest BCUT2D eigenvalue weighted by Crippen LogP contribution is -2.52. The van der Waals surface area contributed by atoms with Crippen LogP contribution < -0.4 is 19.3 Å². The highest BCUT2D eigenvalue weighted by Crippen LogP contribution is 2.30. The minimum atomic E-state index is -0.0310. The molecule has 2 aliphatic rings. The second kappa shape index (κ2) is 10.6. The highest BCUT2D eigenvalue weighted by molar-refractivity contribution is 5.84. The van der Waals surface area contributed by atoms with Crippen molar-refractivity contribution in [1.29, 1.82) is 0 Å². The third-order valence-electron chi connectivity index (χ3n) is 7.23. The van der Waals surface area contributed by atoms with Gasteiger partial charge in [-0.05, 0) is 57.0 Å². The number of piperazine rings is 1. The number of nitrogens with zero attached hydrogens (tertiary/aromatic N) is 5. The first-order chi connectivity index (χ1) is 17.6. The van der Waals surface area contributed by atoms with E-state index in [2.05, 4.69) is 15.9 Å². The molecular formula is C28H35N5O3. The van der Waals surface area contributed by atoms with E-state index >= 15 is 0 Å². The number of hydrogen-bond donors (Lipinski definition) is 0. The average Bonchev–Trinajstić information content (AvgIpc) is 2.93. The number of piperidine rings is 1. The van der Waals surface area contributed by atoms with Gasteiger partial charge >= 0.3 is 0 Å². The fraction of sp³-hybridized carbons (Fsp3) is 0.464. The first-order valence-electron chi connectivity index (χ1n) is 12.9. The second-order valence-electron chi connectivity index (χ2n) is 9.49. The zero-order valence-corrected chi connectivity index (χ0v) is 21.4. The Kier molecular flexibility index (Phi) is 7.11. The molecule has 2 aliphatic heterocycles. The Balaban J connectivity index is 1.25. The van der Waals surface area contributed by atoms with Gasteiger partial charge in [0.25, 0.3) is 0 Å². The molecule has 0 N–H and O–H groups in total. The van der Waals surface area contributed by atoms with Gasteiger partial charge in [-0.2, -0.15) is 0 Å². The number of rotatable bonds is 6. The number of anilines is 2. The fourth-order valence-electron chi connectivity index (χ4n) is 5.32. The van der Waals surface area contributed by atoms with Crippen molar-refractivity contribution in [2.24, 2.45) is 5.92 Å². The highest BCUT2D eigenvalue weighted by Gasteiger charge is 2.32.